The third-order valence-electron chi connectivity index (χ3n) is 3.06. The number of benzene rings is 2. The van der Waals surface area contributed by atoms with Gasteiger partial charge in [0.05, 0.1) is 0 Å². The van der Waals surface area contributed by atoms with Crippen LogP contribution in [-0.4, -0.2) is 5.54 Å². The molecule has 0 atom stereocenters. The van der Waals surface area contributed by atoms with Gasteiger partial charge in [0.2, 0.25) is 0 Å². The fraction of sp³-hybridized carbons (Fsp3) is 0.333. The Balaban J connectivity index is 1.86. The molecule has 21 heavy (non-hydrogen) atoms. The summed E-state index contributed by atoms with van der Waals surface area (Å²) in [5.41, 5.74) is 2.46. The van der Waals surface area contributed by atoms with Crippen LogP contribution in [0.15, 0.2) is 48.5 Å². The van der Waals surface area contributed by atoms with Crippen molar-refractivity contribution in [2.75, 3.05) is 0 Å². The summed E-state index contributed by atoms with van der Waals surface area (Å²) >= 11 is 0. The first-order valence-corrected chi connectivity index (χ1v) is 7.14. The van der Waals surface area contributed by atoms with Crippen molar-refractivity contribution in [3.63, 3.8) is 0 Å². The predicted octanol–water partition coefficient (Wildman–Crippen LogP) is 4.29. The van der Waals surface area contributed by atoms with E-state index in [4.69, 9.17) is 4.74 Å². The van der Waals surface area contributed by atoms with E-state index in [0.29, 0.717) is 12.4 Å². The van der Waals surface area contributed by atoms with Crippen LogP contribution in [0.25, 0.3) is 0 Å². The normalized spacial score (nSPS) is 11.4. The van der Waals surface area contributed by atoms with E-state index in [2.05, 4.69) is 50.4 Å². The maximum absolute atomic E-state index is 12.8. The highest BCUT2D eigenvalue weighted by atomic mass is 19.1. The molecule has 0 amide bonds. The van der Waals surface area contributed by atoms with Gasteiger partial charge in [-0.25, -0.2) is 4.39 Å². The molecule has 2 nitrogen and oxygen atoms in total. The molecule has 0 spiro atoms. The number of rotatable bonds is 5. The van der Waals surface area contributed by atoms with Gasteiger partial charge in [0, 0.05) is 12.1 Å². The van der Waals surface area contributed by atoms with Crippen LogP contribution in [0, 0.1) is 5.82 Å². The lowest BCUT2D eigenvalue weighted by Gasteiger charge is -2.20. The second-order valence-electron chi connectivity index (χ2n) is 6.16. The number of ether oxygens (including phenoxy) is 1. The second kappa shape index (κ2) is 6.72. The molecule has 0 saturated carbocycles. The summed E-state index contributed by atoms with van der Waals surface area (Å²) in [6, 6.07) is 14.4. The summed E-state index contributed by atoms with van der Waals surface area (Å²) < 4.78 is 18.4. The highest BCUT2D eigenvalue weighted by Crippen LogP contribution is 2.14. The molecular formula is C18H22FNO. The molecule has 0 radical (unpaired) electrons. The molecule has 1 N–H and O–H groups in total. The Hall–Kier alpha value is -1.87. The number of hydrogen-bond donors (Lipinski definition) is 1. The van der Waals surface area contributed by atoms with Crippen LogP contribution in [0.5, 0.6) is 5.75 Å². The van der Waals surface area contributed by atoms with E-state index in [0.717, 1.165) is 12.1 Å². The smallest absolute Gasteiger partial charge is 0.123 e. The molecule has 0 bridgehead atoms. The predicted molar refractivity (Wildman–Crippen MR) is 83.8 cm³/mol. The molecule has 0 saturated heterocycles. The highest BCUT2D eigenvalue weighted by molar-refractivity contribution is 5.25. The van der Waals surface area contributed by atoms with E-state index in [9.17, 15) is 4.39 Å². The molecule has 0 aliphatic rings. The van der Waals surface area contributed by atoms with Gasteiger partial charge in [0.15, 0.2) is 0 Å². The highest BCUT2D eigenvalue weighted by Gasteiger charge is 2.08. The van der Waals surface area contributed by atoms with Crippen molar-refractivity contribution in [1.29, 1.82) is 0 Å². The molecule has 2 aromatic rings. The van der Waals surface area contributed by atoms with Crippen molar-refractivity contribution >= 4 is 0 Å². The minimum atomic E-state index is -0.252. The molecule has 2 aromatic carbocycles. The van der Waals surface area contributed by atoms with Crippen molar-refractivity contribution in [2.24, 2.45) is 0 Å². The zero-order valence-corrected chi connectivity index (χ0v) is 12.8. The molecule has 0 aromatic heterocycles. The molecule has 0 aliphatic carbocycles. The molecule has 112 valence electrons. The average Bonchev–Trinajstić information content (AvgIpc) is 2.45. The SMILES string of the molecule is CC(C)(C)NCc1ccc(COc2ccc(F)cc2)cc1. The van der Waals surface area contributed by atoms with Crippen LogP contribution in [0.1, 0.15) is 31.9 Å². The molecule has 3 heteroatoms. The quantitative estimate of drug-likeness (QED) is 0.885. The van der Waals surface area contributed by atoms with Crippen molar-refractivity contribution in [1.82, 2.24) is 5.32 Å². The Morgan fingerprint density at radius 3 is 2.05 bits per heavy atom. The zero-order chi connectivity index (χ0) is 15.3. The van der Waals surface area contributed by atoms with Gasteiger partial charge in [-0.3, -0.25) is 0 Å². The monoisotopic (exact) mass is 287 g/mol. The van der Waals surface area contributed by atoms with Crippen LogP contribution in [-0.2, 0) is 13.2 Å². The standard InChI is InChI=1S/C18H22FNO/c1-18(2,3)20-12-14-4-6-15(7-5-14)13-21-17-10-8-16(19)9-11-17/h4-11,20H,12-13H2,1-3H3. The van der Waals surface area contributed by atoms with Gasteiger partial charge in [-0.2, -0.15) is 0 Å². The largest absolute Gasteiger partial charge is 0.489 e. The minimum Gasteiger partial charge on any atom is -0.489 e. The Bertz CT molecular complexity index is 555. The van der Waals surface area contributed by atoms with Crippen LogP contribution in [0.2, 0.25) is 0 Å². The van der Waals surface area contributed by atoms with Crippen molar-refractivity contribution < 1.29 is 9.13 Å². The van der Waals surface area contributed by atoms with Crippen molar-refractivity contribution in [3.05, 3.63) is 65.5 Å². The molecule has 2 rings (SSSR count). The second-order valence-corrected chi connectivity index (χ2v) is 6.16. The Morgan fingerprint density at radius 1 is 0.905 bits per heavy atom. The van der Waals surface area contributed by atoms with Gasteiger partial charge < -0.3 is 10.1 Å². The van der Waals surface area contributed by atoms with Crippen LogP contribution >= 0.6 is 0 Å². The van der Waals surface area contributed by atoms with Gasteiger partial charge in [0.1, 0.15) is 18.2 Å². The van der Waals surface area contributed by atoms with Crippen LogP contribution < -0.4 is 10.1 Å². The van der Waals surface area contributed by atoms with Crippen LogP contribution in [0.4, 0.5) is 4.39 Å². The summed E-state index contributed by atoms with van der Waals surface area (Å²) in [5.74, 6) is 0.424. The first-order valence-electron chi connectivity index (χ1n) is 7.14. The summed E-state index contributed by atoms with van der Waals surface area (Å²) in [6.45, 7) is 7.79. The van der Waals surface area contributed by atoms with Crippen LogP contribution in [0.3, 0.4) is 0 Å². The number of nitrogens with one attached hydrogen (secondary N) is 1. The van der Waals surface area contributed by atoms with Gasteiger partial charge in [-0.05, 0) is 56.2 Å². The van der Waals surface area contributed by atoms with E-state index in [-0.39, 0.29) is 11.4 Å². The fourth-order valence-electron chi connectivity index (χ4n) is 1.82. The van der Waals surface area contributed by atoms with E-state index in [1.807, 2.05) is 0 Å². The van der Waals surface area contributed by atoms with Crippen molar-refractivity contribution in [3.8, 4) is 5.75 Å². The van der Waals surface area contributed by atoms with E-state index < -0.39 is 0 Å². The third-order valence-corrected chi connectivity index (χ3v) is 3.06. The Morgan fingerprint density at radius 2 is 1.48 bits per heavy atom. The summed E-state index contributed by atoms with van der Waals surface area (Å²) in [5, 5.41) is 3.45. The molecule has 0 unspecified atom stereocenters. The van der Waals surface area contributed by atoms with Gasteiger partial charge in [0.25, 0.3) is 0 Å². The summed E-state index contributed by atoms with van der Waals surface area (Å²) in [7, 11) is 0. The van der Waals surface area contributed by atoms with Gasteiger partial charge >= 0.3 is 0 Å². The maximum atomic E-state index is 12.8. The first-order chi connectivity index (χ1) is 9.92. The lowest BCUT2D eigenvalue weighted by atomic mass is 10.1. The molecular weight excluding hydrogens is 265 g/mol. The van der Waals surface area contributed by atoms with Gasteiger partial charge in [-0.15, -0.1) is 0 Å². The molecule has 0 fully saturated rings. The van der Waals surface area contributed by atoms with E-state index >= 15 is 0 Å². The van der Waals surface area contributed by atoms with E-state index in [1.54, 1.807) is 12.1 Å². The van der Waals surface area contributed by atoms with Gasteiger partial charge in [-0.1, -0.05) is 24.3 Å². The average molecular weight is 287 g/mol. The summed E-state index contributed by atoms with van der Waals surface area (Å²) in [4.78, 5) is 0. The Labute approximate surface area is 126 Å². The van der Waals surface area contributed by atoms with Crippen molar-refractivity contribution in [2.45, 2.75) is 39.5 Å². The molecule has 0 aliphatic heterocycles. The zero-order valence-electron chi connectivity index (χ0n) is 12.8. The lowest BCUT2D eigenvalue weighted by Crippen LogP contribution is -2.35. The first kappa shape index (κ1) is 15.5. The lowest BCUT2D eigenvalue weighted by molar-refractivity contribution is 0.305. The fourth-order valence-corrected chi connectivity index (χ4v) is 1.82. The maximum Gasteiger partial charge on any atom is 0.123 e. The minimum absolute atomic E-state index is 0.115. The third kappa shape index (κ3) is 5.56. The van der Waals surface area contributed by atoms with E-state index in [1.165, 1.54) is 17.7 Å². The number of hydrogen-bond acceptors (Lipinski definition) is 2. The topological polar surface area (TPSA) is 21.3 Å². The molecule has 0 heterocycles. The number of halogens is 1. The summed E-state index contributed by atoms with van der Waals surface area (Å²) in [6.07, 6.45) is 0. The Kier molecular flexibility index (Phi) is 4.97.